The fourth-order valence-electron chi connectivity index (χ4n) is 0.657. The van der Waals surface area contributed by atoms with Crippen LogP contribution in [-0.2, 0) is 0 Å². The monoisotopic (exact) mass is 220 g/mol. The fourth-order valence-corrected chi connectivity index (χ4v) is 1.09. The molecule has 0 bridgehead atoms. The number of aromatic nitrogens is 2. The zero-order valence-corrected chi connectivity index (χ0v) is 7.99. The maximum atomic E-state index is 5.72. The van der Waals surface area contributed by atoms with Crippen molar-refractivity contribution in [1.29, 1.82) is 0 Å². The Bertz CT molecular complexity index is 239. The molecule has 0 saturated carbocycles. The molecule has 0 aliphatic rings. The molecule has 0 fully saturated rings. The summed E-state index contributed by atoms with van der Waals surface area (Å²) in [6, 6.07) is 0. The lowest BCUT2D eigenvalue weighted by atomic mass is 10.4. The van der Waals surface area contributed by atoms with Gasteiger partial charge in [-0.3, -0.25) is 0 Å². The second-order valence-electron chi connectivity index (χ2n) is 1.96. The normalized spacial score (nSPS) is 10.0. The van der Waals surface area contributed by atoms with Crippen LogP contribution < -0.4 is 0 Å². The maximum Gasteiger partial charge on any atom is 0.147 e. The second-order valence-corrected chi connectivity index (χ2v) is 3.11. The Kier molecular flexibility index (Phi) is 2.26. The molecule has 4 heteroatoms. The molecule has 0 atom stereocenters. The molecule has 0 aromatic carbocycles. The summed E-state index contributed by atoms with van der Waals surface area (Å²) in [6.07, 6.45) is 0. The van der Waals surface area contributed by atoms with Gasteiger partial charge < -0.3 is 0 Å². The van der Waals surface area contributed by atoms with Gasteiger partial charge in [0.05, 0.1) is 10.2 Å². The van der Waals surface area contributed by atoms with E-state index in [-0.39, 0.29) is 0 Å². The minimum atomic E-state index is 0.477. The summed E-state index contributed by atoms with van der Waals surface area (Å²) in [5.74, 6) is 0.700. The molecule has 0 amide bonds. The molecular weight excluding hydrogens is 215 g/mol. The van der Waals surface area contributed by atoms with Crippen molar-refractivity contribution in [2.75, 3.05) is 0 Å². The predicted molar refractivity (Wildman–Crippen MR) is 44.2 cm³/mol. The third kappa shape index (κ3) is 1.47. The van der Waals surface area contributed by atoms with Gasteiger partial charge in [0.1, 0.15) is 11.0 Å². The third-order valence-electron chi connectivity index (χ3n) is 1.09. The summed E-state index contributed by atoms with van der Waals surface area (Å²) < 4.78 is 0.778. The highest BCUT2D eigenvalue weighted by atomic mass is 79.9. The Labute approximate surface area is 72.8 Å². The Hall–Kier alpha value is -0.150. The van der Waals surface area contributed by atoms with Gasteiger partial charge in [-0.15, -0.1) is 0 Å². The van der Waals surface area contributed by atoms with Crippen LogP contribution in [0.2, 0.25) is 5.15 Å². The Morgan fingerprint density at radius 1 is 1.30 bits per heavy atom. The van der Waals surface area contributed by atoms with E-state index in [4.69, 9.17) is 11.6 Å². The van der Waals surface area contributed by atoms with Crippen LogP contribution >= 0.6 is 27.5 Å². The summed E-state index contributed by atoms with van der Waals surface area (Å²) in [5.41, 5.74) is 0.873. The van der Waals surface area contributed by atoms with Gasteiger partial charge in [-0.2, -0.15) is 0 Å². The summed E-state index contributed by atoms with van der Waals surface area (Å²) in [6.45, 7) is 3.69. The molecule has 0 saturated heterocycles. The lowest BCUT2D eigenvalue weighted by Crippen LogP contribution is -1.92. The van der Waals surface area contributed by atoms with Gasteiger partial charge in [-0.25, -0.2) is 9.97 Å². The minimum absolute atomic E-state index is 0.477. The van der Waals surface area contributed by atoms with Gasteiger partial charge in [0.15, 0.2) is 0 Å². The van der Waals surface area contributed by atoms with Crippen LogP contribution in [0, 0.1) is 13.8 Å². The van der Waals surface area contributed by atoms with Crippen LogP contribution in [0.3, 0.4) is 0 Å². The topological polar surface area (TPSA) is 25.8 Å². The van der Waals surface area contributed by atoms with Crippen LogP contribution in [-0.4, -0.2) is 9.97 Å². The molecule has 10 heavy (non-hydrogen) atoms. The van der Waals surface area contributed by atoms with Crippen molar-refractivity contribution < 1.29 is 0 Å². The Balaban J connectivity index is 3.31. The van der Waals surface area contributed by atoms with E-state index < -0.39 is 0 Å². The highest BCUT2D eigenvalue weighted by Crippen LogP contribution is 2.21. The number of halogens is 2. The zero-order chi connectivity index (χ0) is 7.72. The van der Waals surface area contributed by atoms with Gasteiger partial charge in [0, 0.05) is 0 Å². The third-order valence-corrected chi connectivity index (χ3v) is 2.54. The first-order valence-electron chi connectivity index (χ1n) is 2.77. The van der Waals surface area contributed by atoms with E-state index in [1.807, 2.05) is 13.8 Å². The number of nitrogens with zero attached hydrogens (tertiary/aromatic N) is 2. The van der Waals surface area contributed by atoms with Crippen LogP contribution in [0.25, 0.3) is 0 Å². The van der Waals surface area contributed by atoms with E-state index in [0.717, 1.165) is 10.2 Å². The fraction of sp³-hybridized carbons (Fsp3) is 0.333. The van der Waals surface area contributed by atoms with Crippen molar-refractivity contribution in [3.8, 4) is 0 Å². The molecule has 1 aromatic rings. The van der Waals surface area contributed by atoms with Crippen LogP contribution in [0.1, 0.15) is 11.5 Å². The van der Waals surface area contributed by atoms with Gasteiger partial charge in [-0.05, 0) is 29.8 Å². The molecule has 0 N–H and O–H groups in total. The lowest BCUT2D eigenvalue weighted by molar-refractivity contribution is 0.999. The molecule has 0 radical (unpaired) electrons. The summed E-state index contributed by atoms with van der Waals surface area (Å²) in [4.78, 5) is 8.03. The Morgan fingerprint density at radius 2 is 1.90 bits per heavy atom. The molecule has 54 valence electrons. The number of hydrogen-bond donors (Lipinski definition) is 0. The summed E-state index contributed by atoms with van der Waals surface area (Å²) in [7, 11) is 0. The molecule has 0 spiro atoms. The van der Waals surface area contributed by atoms with E-state index in [1.165, 1.54) is 0 Å². The molecule has 0 aliphatic heterocycles. The van der Waals surface area contributed by atoms with Gasteiger partial charge >= 0.3 is 0 Å². The van der Waals surface area contributed by atoms with E-state index in [0.29, 0.717) is 11.0 Å². The predicted octanol–water partition coefficient (Wildman–Crippen LogP) is 2.51. The average Bonchev–Trinajstić information content (AvgIpc) is 1.82. The van der Waals surface area contributed by atoms with Gasteiger partial charge in [0.25, 0.3) is 0 Å². The van der Waals surface area contributed by atoms with E-state index in [2.05, 4.69) is 25.9 Å². The van der Waals surface area contributed by atoms with E-state index in [1.54, 1.807) is 0 Å². The van der Waals surface area contributed by atoms with Gasteiger partial charge in [0.2, 0.25) is 0 Å². The van der Waals surface area contributed by atoms with Crippen molar-refractivity contribution in [3.05, 3.63) is 21.1 Å². The molecule has 1 rings (SSSR count). The second kappa shape index (κ2) is 2.84. The smallest absolute Gasteiger partial charge is 0.147 e. The van der Waals surface area contributed by atoms with Crippen LogP contribution in [0.5, 0.6) is 0 Å². The molecular formula is C6H6BrClN2. The zero-order valence-electron chi connectivity index (χ0n) is 5.65. The van der Waals surface area contributed by atoms with Crippen molar-refractivity contribution in [1.82, 2.24) is 9.97 Å². The highest BCUT2D eigenvalue weighted by Gasteiger charge is 2.02. The van der Waals surface area contributed by atoms with E-state index >= 15 is 0 Å². The molecule has 1 aromatic heterocycles. The quantitative estimate of drug-likeness (QED) is 0.629. The molecule has 0 aliphatic carbocycles. The Morgan fingerprint density at radius 3 is 2.40 bits per heavy atom. The number of hydrogen-bond acceptors (Lipinski definition) is 2. The number of aryl methyl sites for hydroxylation is 2. The van der Waals surface area contributed by atoms with Crippen LogP contribution in [0.15, 0.2) is 4.47 Å². The lowest BCUT2D eigenvalue weighted by Gasteiger charge is -1.99. The van der Waals surface area contributed by atoms with E-state index in [9.17, 15) is 0 Å². The summed E-state index contributed by atoms with van der Waals surface area (Å²) in [5, 5.41) is 0.477. The maximum absolute atomic E-state index is 5.72. The first kappa shape index (κ1) is 7.95. The average molecular weight is 221 g/mol. The SMILES string of the molecule is Cc1nc(C)c(Br)c(Cl)n1. The van der Waals surface area contributed by atoms with Gasteiger partial charge in [-0.1, -0.05) is 11.6 Å². The molecule has 1 heterocycles. The molecule has 2 nitrogen and oxygen atoms in total. The number of rotatable bonds is 0. The standard InChI is InChI=1S/C6H6BrClN2/c1-3-5(7)6(8)10-4(2)9-3/h1-2H3. The summed E-state index contributed by atoms with van der Waals surface area (Å²) >= 11 is 8.98. The van der Waals surface area contributed by atoms with Crippen LogP contribution in [0.4, 0.5) is 0 Å². The molecule has 0 unspecified atom stereocenters. The minimum Gasteiger partial charge on any atom is -0.237 e. The highest BCUT2D eigenvalue weighted by molar-refractivity contribution is 9.10. The van der Waals surface area contributed by atoms with Crippen molar-refractivity contribution in [2.45, 2.75) is 13.8 Å². The van der Waals surface area contributed by atoms with Crippen molar-refractivity contribution >= 4 is 27.5 Å². The largest absolute Gasteiger partial charge is 0.237 e. The van der Waals surface area contributed by atoms with Crippen molar-refractivity contribution in [2.24, 2.45) is 0 Å². The first-order valence-corrected chi connectivity index (χ1v) is 3.94. The van der Waals surface area contributed by atoms with Crippen molar-refractivity contribution in [3.63, 3.8) is 0 Å². The first-order chi connectivity index (χ1) is 4.61.